The van der Waals surface area contributed by atoms with Crippen molar-refractivity contribution < 1.29 is 23.8 Å². The maximum Gasteiger partial charge on any atom is 0.305 e. The highest BCUT2D eigenvalue weighted by Crippen LogP contribution is 2.30. The van der Waals surface area contributed by atoms with Crippen LogP contribution in [-0.2, 0) is 19.1 Å². The Balaban J connectivity index is 1.39. The highest BCUT2D eigenvalue weighted by atomic mass is 16.5. The second kappa shape index (κ2) is 10.7. The molecule has 2 aromatic carbocycles. The van der Waals surface area contributed by atoms with E-state index in [9.17, 15) is 9.59 Å². The maximum absolute atomic E-state index is 13.0. The predicted molar refractivity (Wildman–Crippen MR) is 128 cm³/mol. The van der Waals surface area contributed by atoms with Crippen molar-refractivity contribution in [2.45, 2.75) is 37.8 Å². The number of likely N-dealkylation sites (tertiary alicyclic amines) is 1. The molecule has 1 unspecified atom stereocenters. The average Bonchev–Trinajstić information content (AvgIpc) is 3.53. The Morgan fingerprint density at radius 2 is 1.79 bits per heavy atom. The highest BCUT2D eigenvalue weighted by molar-refractivity contribution is 5.95. The highest BCUT2D eigenvalue weighted by Gasteiger charge is 2.40. The van der Waals surface area contributed by atoms with E-state index in [-0.39, 0.29) is 29.7 Å². The van der Waals surface area contributed by atoms with Crippen LogP contribution in [-0.4, -0.2) is 61.6 Å². The van der Waals surface area contributed by atoms with Crippen LogP contribution in [0.1, 0.15) is 31.2 Å². The number of nitrogens with zero attached hydrogens (tertiary/aromatic N) is 1. The number of nitrogen functional groups attached to an aromatic ring is 1. The van der Waals surface area contributed by atoms with Crippen LogP contribution in [0.25, 0.3) is 11.1 Å². The number of hydrogen-bond donors (Lipinski definition) is 2. The minimum atomic E-state index is -0.395. The van der Waals surface area contributed by atoms with Gasteiger partial charge in [-0.25, -0.2) is 0 Å². The van der Waals surface area contributed by atoms with E-state index in [1.165, 1.54) is 7.11 Å². The summed E-state index contributed by atoms with van der Waals surface area (Å²) in [6.07, 6.45) is 2.21. The number of amides is 1. The van der Waals surface area contributed by atoms with Gasteiger partial charge in [0.05, 0.1) is 19.6 Å². The van der Waals surface area contributed by atoms with Gasteiger partial charge in [-0.15, -0.1) is 0 Å². The number of nitrogens with two attached hydrogens (primary N) is 1. The lowest BCUT2D eigenvalue weighted by atomic mass is 10.0. The molecule has 0 saturated carbocycles. The van der Waals surface area contributed by atoms with Gasteiger partial charge in [0.15, 0.2) is 0 Å². The van der Waals surface area contributed by atoms with Crippen molar-refractivity contribution in [1.29, 1.82) is 5.41 Å². The number of hydrogen-bond acceptors (Lipinski definition) is 6. The first-order valence-corrected chi connectivity index (χ1v) is 11.6. The molecule has 34 heavy (non-hydrogen) atoms. The lowest BCUT2D eigenvalue weighted by Gasteiger charge is -2.27. The van der Waals surface area contributed by atoms with Crippen LogP contribution in [0, 0.1) is 11.3 Å². The molecule has 0 aliphatic carbocycles. The zero-order valence-electron chi connectivity index (χ0n) is 19.4. The Kier molecular flexibility index (Phi) is 7.47. The van der Waals surface area contributed by atoms with Gasteiger partial charge >= 0.3 is 5.97 Å². The van der Waals surface area contributed by atoms with Crippen molar-refractivity contribution in [1.82, 2.24) is 4.90 Å². The van der Waals surface area contributed by atoms with Crippen LogP contribution in [0.2, 0.25) is 0 Å². The van der Waals surface area contributed by atoms with Crippen molar-refractivity contribution in [2.75, 3.05) is 26.9 Å². The standard InChI is InChI=1S/C26H31N3O5/c1-32-24(30)14-17-13-21(29(15-17)26(31)23-3-2-12-33-23)16-34-22-10-8-19(9-11-22)18-4-6-20(7-5-18)25(27)28/h4-11,17,21,23H,2-3,12-16H2,1H3,(H3,27,28)/t17-,21-,23?/m0/s1. The molecule has 0 aromatic heterocycles. The van der Waals surface area contributed by atoms with E-state index in [2.05, 4.69) is 0 Å². The smallest absolute Gasteiger partial charge is 0.305 e. The summed E-state index contributed by atoms with van der Waals surface area (Å²) in [6.45, 7) is 1.47. The first-order chi connectivity index (χ1) is 16.4. The van der Waals surface area contributed by atoms with Crippen molar-refractivity contribution in [3.63, 3.8) is 0 Å². The number of ether oxygens (including phenoxy) is 3. The molecule has 180 valence electrons. The number of carbonyl (C=O) groups excluding carboxylic acids is 2. The van der Waals surface area contributed by atoms with E-state index in [1.807, 2.05) is 53.4 Å². The lowest BCUT2D eigenvalue weighted by Crippen LogP contribution is -2.44. The zero-order valence-corrected chi connectivity index (χ0v) is 19.4. The van der Waals surface area contributed by atoms with E-state index >= 15 is 0 Å². The number of nitrogens with one attached hydrogen (secondary N) is 1. The van der Waals surface area contributed by atoms with Crippen molar-refractivity contribution in [3.8, 4) is 16.9 Å². The Hall–Kier alpha value is -3.39. The number of benzene rings is 2. The molecule has 2 aromatic rings. The van der Waals surface area contributed by atoms with Crippen LogP contribution in [0.5, 0.6) is 5.75 Å². The van der Waals surface area contributed by atoms with Gasteiger partial charge in [-0.1, -0.05) is 36.4 Å². The minimum absolute atomic E-state index is 0.0113. The Morgan fingerprint density at radius 1 is 1.12 bits per heavy atom. The van der Waals surface area contributed by atoms with Gasteiger partial charge in [-0.3, -0.25) is 15.0 Å². The summed E-state index contributed by atoms with van der Waals surface area (Å²) in [5, 5.41) is 7.51. The Bertz CT molecular complexity index is 1020. The predicted octanol–water partition coefficient (Wildman–Crippen LogP) is 2.98. The second-order valence-corrected chi connectivity index (χ2v) is 8.85. The number of amidine groups is 1. The van der Waals surface area contributed by atoms with Crippen LogP contribution < -0.4 is 10.5 Å². The zero-order chi connectivity index (χ0) is 24.1. The van der Waals surface area contributed by atoms with Crippen LogP contribution in [0.4, 0.5) is 0 Å². The third kappa shape index (κ3) is 5.56. The van der Waals surface area contributed by atoms with Gasteiger partial charge in [-0.2, -0.15) is 0 Å². The number of esters is 1. The number of rotatable bonds is 8. The molecule has 2 heterocycles. The second-order valence-electron chi connectivity index (χ2n) is 8.85. The lowest BCUT2D eigenvalue weighted by molar-refractivity contribution is -0.144. The molecule has 4 rings (SSSR count). The fourth-order valence-electron chi connectivity index (χ4n) is 4.64. The van der Waals surface area contributed by atoms with Crippen LogP contribution in [0.3, 0.4) is 0 Å². The molecule has 2 aliphatic heterocycles. The molecular formula is C26H31N3O5. The average molecular weight is 466 g/mol. The molecule has 0 radical (unpaired) electrons. The molecule has 2 saturated heterocycles. The summed E-state index contributed by atoms with van der Waals surface area (Å²) in [5.41, 5.74) is 8.26. The SMILES string of the molecule is COC(=O)C[C@@H]1C[C@@H](COc2ccc(-c3ccc(C(=N)N)cc3)cc2)N(C(=O)C2CCCO2)C1. The molecule has 8 heteroatoms. The molecule has 8 nitrogen and oxygen atoms in total. The van der Waals surface area contributed by atoms with Crippen LogP contribution >= 0.6 is 0 Å². The first kappa shape index (κ1) is 23.8. The molecular weight excluding hydrogens is 434 g/mol. The molecule has 1 amide bonds. The van der Waals surface area contributed by atoms with E-state index in [0.717, 1.165) is 24.0 Å². The summed E-state index contributed by atoms with van der Waals surface area (Å²) in [6, 6.07) is 15.2. The minimum Gasteiger partial charge on any atom is -0.491 e. The normalized spacial score (nSPS) is 21.9. The largest absolute Gasteiger partial charge is 0.491 e. The number of methoxy groups -OCH3 is 1. The van der Waals surface area contributed by atoms with Crippen molar-refractivity contribution in [3.05, 3.63) is 54.1 Å². The summed E-state index contributed by atoms with van der Waals surface area (Å²) < 4.78 is 16.5. The summed E-state index contributed by atoms with van der Waals surface area (Å²) in [7, 11) is 1.38. The molecule has 3 N–H and O–H groups in total. The van der Waals surface area contributed by atoms with Gasteiger partial charge < -0.3 is 24.8 Å². The van der Waals surface area contributed by atoms with E-state index in [1.54, 1.807) is 0 Å². The quantitative estimate of drug-likeness (QED) is 0.352. The fourth-order valence-corrected chi connectivity index (χ4v) is 4.64. The Labute approximate surface area is 199 Å². The van der Waals surface area contributed by atoms with Crippen molar-refractivity contribution >= 4 is 17.7 Å². The van der Waals surface area contributed by atoms with E-state index in [0.29, 0.717) is 43.9 Å². The molecule has 3 atom stereocenters. The molecule has 2 aliphatic rings. The van der Waals surface area contributed by atoms with E-state index in [4.69, 9.17) is 25.4 Å². The molecule has 0 spiro atoms. The summed E-state index contributed by atoms with van der Waals surface area (Å²) >= 11 is 0. The van der Waals surface area contributed by atoms with E-state index < -0.39 is 6.10 Å². The first-order valence-electron chi connectivity index (χ1n) is 11.6. The Morgan fingerprint density at radius 3 is 2.38 bits per heavy atom. The summed E-state index contributed by atoms with van der Waals surface area (Å²) in [4.78, 5) is 26.7. The fraction of sp³-hybridized carbons (Fsp3) is 0.423. The van der Waals surface area contributed by atoms with Crippen molar-refractivity contribution in [2.24, 2.45) is 11.7 Å². The molecule has 2 fully saturated rings. The monoisotopic (exact) mass is 465 g/mol. The van der Waals surface area contributed by atoms with Crippen LogP contribution in [0.15, 0.2) is 48.5 Å². The van der Waals surface area contributed by atoms with Gasteiger partial charge in [0, 0.05) is 18.7 Å². The topological polar surface area (TPSA) is 115 Å². The molecule has 0 bridgehead atoms. The van der Waals surface area contributed by atoms with Gasteiger partial charge in [0.2, 0.25) is 0 Å². The van der Waals surface area contributed by atoms with Gasteiger partial charge in [0.25, 0.3) is 5.91 Å². The third-order valence-electron chi connectivity index (χ3n) is 6.50. The summed E-state index contributed by atoms with van der Waals surface area (Å²) in [5.74, 6) is 0.533. The maximum atomic E-state index is 13.0. The van der Waals surface area contributed by atoms with Gasteiger partial charge in [-0.05, 0) is 48.4 Å². The third-order valence-corrected chi connectivity index (χ3v) is 6.50. The number of carbonyl (C=O) groups is 2. The van der Waals surface area contributed by atoms with Gasteiger partial charge in [0.1, 0.15) is 24.3 Å².